The highest BCUT2D eigenvalue weighted by Crippen LogP contribution is 2.27. The summed E-state index contributed by atoms with van der Waals surface area (Å²) >= 11 is 0. The summed E-state index contributed by atoms with van der Waals surface area (Å²) in [6, 6.07) is 18.5. The Labute approximate surface area is 149 Å². The summed E-state index contributed by atoms with van der Waals surface area (Å²) in [5.74, 6) is 0.848. The van der Waals surface area contributed by atoms with Crippen molar-refractivity contribution in [1.82, 2.24) is 15.0 Å². The normalized spacial score (nSPS) is 10.6. The number of benzene rings is 2. The van der Waals surface area contributed by atoms with E-state index < -0.39 is 5.91 Å². The molecule has 0 aliphatic rings. The van der Waals surface area contributed by atoms with Crippen LogP contribution in [0.3, 0.4) is 0 Å². The zero-order valence-electron chi connectivity index (χ0n) is 13.8. The Morgan fingerprint density at radius 2 is 1.62 bits per heavy atom. The molecule has 6 nitrogen and oxygen atoms in total. The van der Waals surface area contributed by atoms with Gasteiger partial charge in [-0.1, -0.05) is 12.1 Å². The van der Waals surface area contributed by atoms with Gasteiger partial charge in [0, 0.05) is 34.6 Å². The van der Waals surface area contributed by atoms with E-state index in [0.29, 0.717) is 17.2 Å². The topological polar surface area (TPSA) is 93.8 Å². The number of hydrogen-bond acceptors (Lipinski definition) is 5. The van der Waals surface area contributed by atoms with Gasteiger partial charge in [0.1, 0.15) is 5.82 Å². The third-order valence-electron chi connectivity index (χ3n) is 3.97. The first kappa shape index (κ1) is 15.7. The summed E-state index contributed by atoms with van der Waals surface area (Å²) in [6.45, 7) is 0. The average Bonchev–Trinajstić information content (AvgIpc) is 2.69. The van der Waals surface area contributed by atoms with Crippen molar-refractivity contribution in [3.05, 3.63) is 78.6 Å². The van der Waals surface area contributed by atoms with Gasteiger partial charge < -0.3 is 11.1 Å². The highest BCUT2D eigenvalue weighted by molar-refractivity contribution is 5.94. The number of primary amides is 1. The average molecular weight is 341 g/mol. The predicted molar refractivity (Wildman–Crippen MR) is 101 cm³/mol. The van der Waals surface area contributed by atoms with Crippen molar-refractivity contribution in [1.29, 1.82) is 0 Å². The molecule has 0 aliphatic carbocycles. The number of pyridine rings is 1. The van der Waals surface area contributed by atoms with Crippen molar-refractivity contribution < 1.29 is 4.79 Å². The lowest BCUT2D eigenvalue weighted by molar-refractivity contribution is 0.100. The molecule has 26 heavy (non-hydrogen) atoms. The molecular weight excluding hydrogens is 326 g/mol. The molecule has 0 bridgehead atoms. The molecule has 2 aromatic heterocycles. The van der Waals surface area contributed by atoms with Gasteiger partial charge in [0.2, 0.25) is 5.91 Å². The Kier molecular flexibility index (Phi) is 3.99. The number of nitrogens with two attached hydrogens (primary N) is 1. The minimum atomic E-state index is -0.455. The number of fused-ring (bicyclic) bond motifs is 1. The third-order valence-corrected chi connectivity index (χ3v) is 3.97. The molecule has 0 radical (unpaired) electrons. The first-order valence-electron chi connectivity index (χ1n) is 8.05. The molecule has 0 saturated heterocycles. The lowest BCUT2D eigenvalue weighted by Crippen LogP contribution is -2.10. The summed E-state index contributed by atoms with van der Waals surface area (Å²) in [5, 5.41) is 4.21. The van der Waals surface area contributed by atoms with Crippen molar-refractivity contribution in [3.63, 3.8) is 0 Å². The zero-order valence-corrected chi connectivity index (χ0v) is 13.8. The fourth-order valence-electron chi connectivity index (χ4n) is 2.66. The van der Waals surface area contributed by atoms with Crippen LogP contribution in [0.5, 0.6) is 0 Å². The lowest BCUT2D eigenvalue weighted by atomic mass is 10.2. The molecule has 0 spiro atoms. The molecule has 2 heterocycles. The van der Waals surface area contributed by atoms with Gasteiger partial charge in [0.25, 0.3) is 0 Å². The van der Waals surface area contributed by atoms with E-state index in [2.05, 4.69) is 20.3 Å². The van der Waals surface area contributed by atoms with Crippen LogP contribution in [0.2, 0.25) is 0 Å². The molecular formula is C20H15N5O. The number of carbonyl (C=O) groups excluding carboxylic acids is 1. The van der Waals surface area contributed by atoms with E-state index in [0.717, 1.165) is 22.2 Å². The highest BCUT2D eigenvalue weighted by Gasteiger charge is 2.10. The van der Waals surface area contributed by atoms with Crippen molar-refractivity contribution in [3.8, 4) is 11.4 Å². The number of para-hydroxylation sites is 1. The molecule has 126 valence electrons. The van der Waals surface area contributed by atoms with Crippen LogP contribution >= 0.6 is 0 Å². The van der Waals surface area contributed by atoms with Crippen LogP contribution in [-0.2, 0) is 0 Å². The second-order valence-corrected chi connectivity index (χ2v) is 5.72. The molecule has 0 atom stereocenters. The van der Waals surface area contributed by atoms with Crippen LogP contribution < -0.4 is 11.1 Å². The van der Waals surface area contributed by atoms with Crippen LogP contribution in [0.15, 0.2) is 73.1 Å². The molecule has 3 N–H and O–H groups in total. The Morgan fingerprint density at radius 1 is 0.885 bits per heavy atom. The van der Waals surface area contributed by atoms with Gasteiger partial charge in [-0.05, 0) is 48.5 Å². The van der Waals surface area contributed by atoms with Crippen LogP contribution in [-0.4, -0.2) is 20.9 Å². The molecule has 2 aromatic carbocycles. The second-order valence-electron chi connectivity index (χ2n) is 5.72. The van der Waals surface area contributed by atoms with E-state index in [9.17, 15) is 4.79 Å². The minimum absolute atomic E-state index is 0.455. The molecule has 0 saturated carbocycles. The minimum Gasteiger partial charge on any atom is -0.366 e. The first-order valence-corrected chi connectivity index (χ1v) is 8.05. The summed E-state index contributed by atoms with van der Waals surface area (Å²) < 4.78 is 0. The van der Waals surface area contributed by atoms with Gasteiger partial charge in [-0.2, -0.15) is 0 Å². The van der Waals surface area contributed by atoms with E-state index >= 15 is 0 Å². The lowest BCUT2D eigenvalue weighted by Gasteiger charge is -2.11. The number of nitrogens with one attached hydrogen (secondary N) is 1. The van der Waals surface area contributed by atoms with Crippen molar-refractivity contribution >= 4 is 28.3 Å². The van der Waals surface area contributed by atoms with Crippen molar-refractivity contribution in [2.45, 2.75) is 0 Å². The number of carbonyl (C=O) groups is 1. The van der Waals surface area contributed by atoms with E-state index in [1.807, 2.05) is 36.4 Å². The summed E-state index contributed by atoms with van der Waals surface area (Å²) in [6.07, 6.45) is 3.42. The SMILES string of the molecule is NC(=O)c1ccc(Nc2nc(-c3ccncc3)nc3ccccc23)cc1. The van der Waals surface area contributed by atoms with Crippen LogP contribution in [0, 0.1) is 0 Å². The standard InChI is InChI=1S/C20H15N5O/c21-18(26)13-5-7-15(8-6-13)23-20-16-3-1-2-4-17(16)24-19(25-20)14-9-11-22-12-10-14/h1-12H,(H2,21,26)(H,23,24,25). The van der Waals surface area contributed by atoms with Gasteiger partial charge in [0.15, 0.2) is 5.82 Å². The number of anilines is 2. The fourth-order valence-corrected chi connectivity index (χ4v) is 2.66. The van der Waals surface area contributed by atoms with Gasteiger partial charge in [0.05, 0.1) is 5.52 Å². The quantitative estimate of drug-likeness (QED) is 0.592. The van der Waals surface area contributed by atoms with Gasteiger partial charge in [-0.15, -0.1) is 0 Å². The number of hydrogen-bond donors (Lipinski definition) is 2. The van der Waals surface area contributed by atoms with Crippen molar-refractivity contribution in [2.24, 2.45) is 5.73 Å². The molecule has 0 aliphatic heterocycles. The molecule has 1 amide bonds. The second kappa shape index (κ2) is 6.60. The smallest absolute Gasteiger partial charge is 0.248 e. The van der Waals surface area contributed by atoms with Crippen LogP contribution in [0.1, 0.15) is 10.4 Å². The largest absolute Gasteiger partial charge is 0.366 e. The highest BCUT2D eigenvalue weighted by atomic mass is 16.1. The zero-order chi connectivity index (χ0) is 17.9. The Hall–Kier alpha value is -3.80. The Bertz CT molecular complexity index is 1080. The predicted octanol–water partition coefficient (Wildman–Crippen LogP) is 3.53. The number of nitrogens with zero attached hydrogens (tertiary/aromatic N) is 3. The maximum absolute atomic E-state index is 11.2. The van der Waals surface area contributed by atoms with E-state index in [1.54, 1.807) is 36.7 Å². The maximum Gasteiger partial charge on any atom is 0.248 e. The molecule has 0 unspecified atom stereocenters. The fraction of sp³-hybridized carbons (Fsp3) is 0. The summed E-state index contributed by atoms with van der Waals surface area (Å²) in [7, 11) is 0. The van der Waals surface area contributed by atoms with E-state index in [-0.39, 0.29) is 0 Å². The maximum atomic E-state index is 11.2. The molecule has 4 rings (SSSR count). The van der Waals surface area contributed by atoms with Gasteiger partial charge in [-0.3, -0.25) is 9.78 Å². The molecule has 0 fully saturated rings. The summed E-state index contributed by atoms with van der Waals surface area (Å²) in [5.41, 5.74) is 8.28. The monoisotopic (exact) mass is 341 g/mol. The number of aromatic nitrogens is 3. The third kappa shape index (κ3) is 3.08. The number of rotatable bonds is 4. The molecule has 4 aromatic rings. The first-order chi connectivity index (χ1) is 12.7. The van der Waals surface area contributed by atoms with Gasteiger partial charge >= 0.3 is 0 Å². The number of amides is 1. The Balaban J connectivity index is 1.79. The summed E-state index contributed by atoms with van der Waals surface area (Å²) in [4.78, 5) is 24.6. The van der Waals surface area contributed by atoms with Crippen molar-refractivity contribution in [2.75, 3.05) is 5.32 Å². The molecule has 6 heteroatoms. The van der Waals surface area contributed by atoms with E-state index in [4.69, 9.17) is 5.73 Å². The van der Waals surface area contributed by atoms with Crippen LogP contribution in [0.25, 0.3) is 22.3 Å². The van der Waals surface area contributed by atoms with Crippen LogP contribution in [0.4, 0.5) is 11.5 Å². The Morgan fingerprint density at radius 3 is 2.35 bits per heavy atom. The van der Waals surface area contributed by atoms with E-state index in [1.165, 1.54) is 0 Å². The van der Waals surface area contributed by atoms with Gasteiger partial charge in [-0.25, -0.2) is 9.97 Å².